The molecule has 1 aromatic rings. The van der Waals surface area contributed by atoms with E-state index >= 15 is 0 Å². The van der Waals surface area contributed by atoms with Crippen molar-refractivity contribution in [3.8, 4) is 0 Å². The molecular weight excluding hydrogens is 214 g/mol. The summed E-state index contributed by atoms with van der Waals surface area (Å²) in [6.45, 7) is 11.1. The lowest BCUT2D eigenvalue weighted by Gasteiger charge is -2.20. The van der Waals surface area contributed by atoms with Gasteiger partial charge in [0, 0.05) is 6.54 Å². The molecule has 0 saturated heterocycles. The van der Waals surface area contributed by atoms with E-state index in [2.05, 4.69) is 35.8 Å². The monoisotopic (exact) mass is 239 g/mol. The lowest BCUT2D eigenvalue weighted by Crippen LogP contribution is -2.27. The van der Waals surface area contributed by atoms with Crippen LogP contribution in [0.15, 0.2) is 6.33 Å². The van der Waals surface area contributed by atoms with Gasteiger partial charge in [0.05, 0.1) is 6.54 Å². The molecule has 0 atom stereocenters. The van der Waals surface area contributed by atoms with Crippen molar-refractivity contribution in [2.45, 2.75) is 40.3 Å². The summed E-state index contributed by atoms with van der Waals surface area (Å²) in [5.41, 5.74) is 5.54. The van der Waals surface area contributed by atoms with Crippen LogP contribution in [0.1, 0.15) is 33.0 Å². The van der Waals surface area contributed by atoms with Gasteiger partial charge in [-0.3, -0.25) is 4.90 Å². The molecule has 0 radical (unpaired) electrons. The Labute approximate surface area is 104 Å². The molecule has 1 rings (SSSR count). The van der Waals surface area contributed by atoms with Crippen molar-refractivity contribution >= 4 is 0 Å². The number of hydrogen-bond donors (Lipinski definition) is 1. The largest absolute Gasteiger partial charge is 0.330 e. The van der Waals surface area contributed by atoms with Crippen molar-refractivity contribution < 1.29 is 0 Å². The van der Waals surface area contributed by atoms with Crippen molar-refractivity contribution in [2.24, 2.45) is 11.7 Å². The first-order valence-electron chi connectivity index (χ1n) is 6.46. The maximum absolute atomic E-state index is 5.54. The summed E-state index contributed by atoms with van der Waals surface area (Å²) in [5, 5.41) is 4.28. The number of rotatable bonds is 8. The molecule has 0 unspecified atom stereocenters. The normalized spacial score (nSPS) is 11.6. The summed E-state index contributed by atoms with van der Waals surface area (Å²) in [5.74, 6) is 1.65. The van der Waals surface area contributed by atoms with Gasteiger partial charge in [0.2, 0.25) is 0 Å². The zero-order chi connectivity index (χ0) is 12.7. The lowest BCUT2D eigenvalue weighted by molar-refractivity contribution is 0.263. The maximum Gasteiger partial charge on any atom is 0.141 e. The van der Waals surface area contributed by atoms with Crippen molar-refractivity contribution in [1.29, 1.82) is 0 Å². The summed E-state index contributed by atoms with van der Waals surface area (Å²) in [4.78, 5) is 6.70. The second-order valence-corrected chi connectivity index (χ2v) is 4.76. The molecule has 0 aromatic carbocycles. The molecule has 0 saturated carbocycles. The molecule has 0 aliphatic heterocycles. The summed E-state index contributed by atoms with van der Waals surface area (Å²) >= 11 is 0. The molecule has 2 N–H and O–H groups in total. The molecule has 0 aliphatic rings. The van der Waals surface area contributed by atoms with Crippen LogP contribution in [0.3, 0.4) is 0 Å². The van der Waals surface area contributed by atoms with Crippen LogP contribution >= 0.6 is 0 Å². The molecule has 17 heavy (non-hydrogen) atoms. The van der Waals surface area contributed by atoms with Gasteiger partial charge in [-0.05, 0) is 32.0 Å². The number of nitrogens with two attached hydrogens (primary N) is 1. The molecule has 0 aliphatic carbocycles. The van der Waals surface area contributed by atoms with E-state index in [0.29, 0.717) is 5.92 Å². The van der Waals surface area contributed by atoms with Crippen LogP contribution < -0.4 is 5.73 Å². The summed E-state index contributed by atoms with van der Waals surface area (Å²) in [6.07, 6.45) is 2.68. The predicted octanol–water partition coefficient (Wildman–Crippen LogP) is 1.10. The van der Waals surface area contributed by atoms with E-state index < -0.39 is 0 Å². The fourth-order valence-electron chi connectivity index (χ4n) is 1.77. The SMILES string of the molecule is CCN(CCCN)Cc1ncnn1CC(C)C. The Balaban J connectivity index is 2.56. The van der Waals surface area contributed by atoms with E-state index in [1.165, 1.54) is 0 Å². The van der Waals surface area contributed by atoms with Gasteiger partial charge in [-0.1, -0.05) is 20.8 Å². The van der Waals surface area contributed by atoms with Gasteiger partial charge in [-0.2, -0.15) is 5.10 Å². The summed E-state index contributed by atoms with van der Waals surface area (Å²) in [6, 6.07) is 0. The fraction of sp³-hybridized carbons (Fsp3) is 0.833. The average molecular weight is 239 g/mol. The fourth-order valence-corrected chi connectivity index (χ4v) is 1.77. The molecule has 0 fully saturated rings. The highest BCUT2D eigenvalue weighted by molar-refractivity contribution is 4.85. The van der Waals surface area contributed by atoms with E-state index in [1.54, 1.807) is 6.33 Å². The Hall–Kier alpha value is -0.940. The Bertz CT molecular complexity index is 308. The molecule has 1 aromatic heterocycles. The van der Waals surface area contributed by atoms with Gasteiger partial charge in [-0.15, -0.1) is 0 Å². The minimum Gasteiger partial charge on any atom is -0.330 e. The van der Waals surface area contributed by atoms with E-state index in [-0.39, 0.29) is 0 Å². The molecule has 0 amide bonds. The lowest BCUT2D eigenvalue weighted by atomic mass is 10.2. The Morgan fingerprint density at radius 2 is 2.24 bits per heavy atom. The summed E-state index contributed by atoms with van der Waals surface area (Å²) < 4.78 is 2.01. The van der Waals surface area contributed by atoms with Gasteiger partial charge in [0.25, 0.3) is 0 Å². The first-order chi connectivity index (χ1) is 8.17. The number of nitrogens with zero attached hydrogens (tertiary/aromatic N) is 4. The Kier molecular flexibility index (Phi) is 6.15. The van der Waals surface area contributed by atoms with Crippen LogP contribution in [-0.4, -0.2) is 39.3 Å². The third-order valence-corrected chi connectivity index (χ3v) is 2.72. The topological polar surface area (TPSA) is 60.0 Å². The zero-order valence-electron chi connectivity index (χ0n) is 11.3. The van der Waals surface area contributed by atoms with E-state index in [4.69, 9.17) is 5.73 Å². The third kappa shape index (κ3) is 4.83. The zero-order valence-corrected chi connectivity index (χ0v) is 11.3. The van der Waals surface area contributed by atoms with Gasteiger partial charge < -0.3 is 5.73 Å². The smallest absolute Gasteiger partial charge is 0.141 e. The van der Waals surface area contributed by atoms with Crippen LogP contribution in [0.5, 0.6) is 0 Å². The minimum atomic E-state index is 0.592. The average Bonchev–Trinajstić information content (AvgIpc) is 2.70. The van der Waals surface area contributed by atoms with Crippen molar-refractivity contribution in [3.05, 3.63) is 12.2 Å². The summed E-state index contributed by atoms with van der Waals surface area (Å²) in [7, 11) is 0. The minimum absolute atomic E-state index is 0.592. The predicted molar refractivity (Wildman–Crippen MR) is 69.5 cm³/mol. The molecule has 1 heterocycles. The quantitative estimate of drug-likeness (QED) is 0.738. The van der Waals surface area contributed by atoms with Crippen molar-refractivity contribution in [3.63, 3.8) is 0 Å². The maximum atomic E-state index is 5.54. The Morgan fingerprint density at radius 1 is 1.47 bits per heavy atom. The standard InChI is InChI=1S/C12H25N5/c1-4-16(7-5-6-13)9-12-14-10-15-17(12)8-11(2)3/h10-11H,4-9,13H2,1-3H3. The molecule has 5 nitrogen and oxygen atoms in total. The van der Waals surface area contributed by atoms with Gasteiger partial charge in [-0.25, -0.2) is 9.67 Å². The second-order valence-electron chi connectivity index (χ2n) is 4.76. The van der Waals surface area contributed by atoms with Crippen molar-refractivity contribution in [2.75, 3.05) is 19.6 Å². The van der Waals surface area contributed by atoms with Crippen LogP contribution in [-0.2, 0) is 13.1 Å². The molecule has 0 spiro atoms. The first kappa shape index (κ1) is 14.1. The first-order valence-corrected chi connectivity index (χ1v) is 6.46. The van der Waals surface area contributed by atoms with Crippen LogP contribution in [0.4, 0.5) is 0 Å². The van der Waals surface area contributed by atoms with E-state index in [0.717, 1.165) is 45.0 Å². The van der Waals surface area contributed by atoms with Crippen LogP contribution in [0.2, 0.25) is 0 Å². The highest BCUT2D eigenvalue weighted by Crippen LogP contribution is 2.05. The number of hydrogen-bond acceptors (Lipinski definition) is 4. The highest BCUT2D eigenvalue weighted by atomic mass is 15.3. The van der Waals surface area contributed by atoms with Crippen LogP contribution in [0, 0.1) is 5.92 Å². The molecule has 98 valence electrons. The highest BCUT2D eigenvalue weighted by Gasteiger charge is 2.10. The van der Waals surface area contributed by atoms with Crippen molar-refractivity contribution in [1.82, 2.24) is 19.7 Å². The van der Waals surface area contributed by atoms with Crippen LogP contribution in [0.25, 0.3) is 0 Å². The van der Waals surface area contributed by atoms with Gasteiger partial charge >= 0.3 is 0 Å². The molecule has 0 bridgehead atoms. The Morgan fingerprint density at radius 3 is 2.82 bits per heavy atom. The van der Waals surface area contributed by atoms with E-state index in [9.17, 15) is 0 Å². The number of aromatic nitrogens is 3. The van der Waals surface area contributed by atoms with E-state index in [1.807, 2.05) is 4.68 Å². The molecular formula is C12H25N5. The second kappa shape index (κ2) is 7.40. The molecule has 5 heteroatoms. The van der Waals surface area contributed by atoms with Gasteiger partial charge in [0.15, 0.2) is 0 Å². The van der Waals surface area contributed by atoms with Gasteiger partial charge in [0.1, 0.15) is 12.2 Å². The third-order valence-electron chi connectivity index (χ3n) is 2.72.